The first-order valence-electron chi connectivity index (χ1n) is 4.75. The van der Waals surface area contributed by atoms with Gasteiger partial charge in [-0.05, 0) is 19.9 Å². The third-order valence-electron chi connectivity index (χ3n) is 2.45. The highest BCUT2D eigenvalue weighted by atomic mass is 16.3. The Bertz CT molecular complexity index is 176. The summed E-state index contributed by atoms with van der Waals surface area (Å²) in [5.41, 5.74) is 0. The Labute approximate surface area is 78.9 Å². The number of hydrogen-bond donors (Lipinski definition) is 2. The van der Waals surface area contributed by atoms with E-state index in [0.29, 0.717) is 6.04 Å². The summed E-state index contributed by atoms with van der Waals surface area (Å²) in [5, 5.41) is 12.3. The van der Waals surface area contributed by atoms with Crippen LogP contribution in [0.15, 0.2) is 0 Å². The molecule has 1 saturated heterocycles. The molecule has 13 heavy (non-hydrogen) atoms. The van der Waals surface area contributed by atoms with Crippen LogP contribution >= 0.6 is 0 Å². The van der Waals surface area contributed by atoms with Crippen molar-refractivity contribution < 1.29 is 9.90 Å². The van der Waals surface area contributed by atoms with Gasteiger partial charge in [0.1, 0.15) is 0 Å². The molecule has 0 bridgehead atoms. The molecule has 4 heteroatoms. The second-order valence-corrected chi connectivity index (χ2v) is 3.70. The number of nitrogens with zero attached hydrogens (tertiary/aromatic N) is 1. The van der Waals surface area contributed by atoms with Gasteiger partial charge in [-0.1, -0.05) is 0 Å². The van der Waals surface area contributed by atoms with Crippen LogP contribution in [0.5, 0.6) is 0 Å². The van der Waals surface area contributed by atoms with Gasteiger partial charge in [0.25, 0.3) is 0 Å². The maximum absolute atomic E-state index is 11.5. The Hall–Kier alpha value is -0.610. The van der Waals surface area contributed by atoms with E-state index in [9.17, 15) is 4.79 Å². The maximum atomic E-state index is 11.5. The van der Waals surface area contributed by atoms with Crippen LogP contribution in [0.3, 0.4) is 0 Å². The predicted octanol–water partition coefficient (Wildman–Crippen LogP) is -0.422. The van der Waals surface area contributed by atoms with Crippen LogP contribution in [0, 0.1) is 0 Å². The van der Waals surface area contributed by atoms with E-state index in [1.165, 1.54) is 0 Å². The molecule has 2 N–H and O–H groups in total. The molecule has 0 aliphatic carbocycles. The molecule has 2 atom stereocenters. The molecule has 1 amide bonds. The standard InChI is InChI=1S/C9H18N2O2/c1-7(12)5-9(13)11(2)8-3-4-10-6-8/h7-8,10,12H,3-6H2,1-2H3. The molecular weight excluding hydrogens is 168 g/mol. The maximum Gasteiger partial charge on any atom is 0.225 e. The quantitative estimate of drug-likeness (QED) is 0.629. The summed E-state index contributed by atoms with van der Waals surface area (Å²) in [5.74, 6) is 0.0312. The summed E-state index contributed by atoms with van der Waals surface area (Å²) in [6.45, 7) is 3.50. The molecule has 76 valence electrons. The molecule has 1 heterocycles. The van der Waals surface area contributed by atoms with Crippen molar-refractivity contribution in [3.8, 4) is 0 Å². The van der Waals surface area contributed by atoms with E-state index in [-0.39, 0.29) is 12.3 Å². The van der Waals surface area contributed by atoms with E-state index < -0.39 is 6.10 Å². The van der Waals surface area contributed by atoms with Crippen molar-refractivity contribution in [2.45, 2.75) is 31.9 Å². The Morgan fingerprint density at radius 1 is 1.77 bits per heavy atom. The second-order valence-electron chi connectivity index (χ2n) is 3.70. The number of likely N-dealkylation sites (N-methyl/N-ethyl adjacent to an activating group) is 1. The van der Waals surface area contributed by atoms with Gasteiger partial charge in [0.2, 0.25) is 5.91 Å². The molecule has 0 aromatic carbocycles. The van der Waals surface area contributed by atoms with Gasteiger partial charge in [-0.3, -0.25) is 4.79 Å². The van der Waals surface area contributed by atoms with Crippen LogP contribution in [0.25, 0.3) is 0 Å². The third-order valence-corrected chi connectivity index (χ3v) is 2.45. The fraction of sp³-hybridized carbons (Fsp3) is 0.889. The Morgan fingerprint density at radius 3 is 2.92 bits per heavy atom. The van der Waals surface area contributed by atoms with Gasteiger partial charge in [-0.25, -0.2) is 0 Å². The van der Waals surface area contributed by atoms with Crippen molar-refractivity contribution in [2.75, 3.05) is 20.1 Å². The number of nitrogens with one attached hydrogen (secondary N) is 1. The summed E-state index contributed by atoms with van der Waals surface area (Å²) in [7, 11) is 1.81. The minimum absolute atomic E-state index is 0.0312. The molecular formula is C9H18N2O2. The topological polar surface area (TPSA) is 52.6 Å². The first-order valence-corrected chi connectivity index (χ1v) is 4.75. The minimum atomic E-state index is -0.538. The van der Waals surface area contributed by atoms with Gasteiger partial charge in [-0.15, -0.1) is 0 Å². The fourth-order valence-electron chi connectivity index (χ4n) is 1.57. The van der Waals surface area contributed by atoms with Crippen LogP contribution in [-0.4, -0.2) is 48.2 Å². The normalized spacial score (nSPS) is 24.4. The molecule has 0 aromatic rings. The van der Waals surface area contributed by atoms with Crippen LogP contribution in [0.2, 0.25) is 0 Å². The second kappa shape index (κ2) is 4.58. The monoisotopic (exact) mass is 186 g/mol. The molecule has 0 spiro atoms. The molecule has 2 unspecified atom stereocenters. The van der Waals surface area contributed by atoms with Crippen molar-refractivity contribution >= 4 is 5.91 Å². The van der Waals surface area contributed by atoms with Crippen LogP contribution in [0.4, 0.5) is 0 Å². The van der Waals surface area contributed by atoms with Gasteiger partial charge in [0.05, 0.1) is 12.5 Å². The number of rotatable bonds is 3. The summed E-state index contributed by atoms with van der Waals surface area (Å²) >= 11 is 0. The lowest BCUT2D eigenvalue weighted by molar-refractivity contribution is -0.133. The molecule has 1 fully saturated rings. The Morgan fingerprint density at radius 2 is 2.46 bits per heavy atom. The number of hydrogen-bond acceptors (Lipinski definition) is 3. The average Bonchev–Trinajstić information content (AvgIpc) is 2.53. The number of aliphatic hydroxyl groups is 1. The van der Waals surface area contributed by atoms with Crippen LogP contribution in [-0.2, 0) is 4.79 Å². The summed E-state index contributed by atoms with van der Waals surface area (Å²) in [6.07, 6.45) is 0.707. The molecule has 0 aromatic heterocycles. The van der Waals surface area contributed by atoms with E-state index in [4.69, 9.17) is 5.11 Å². The molecule has 1 rings (SSSR count). The fourth-order valence-corrected chi connectivity index (χ4v) is 1.57. The van der Waals surface area contributed by atoms with Gasteiger partial charge >= 0.3 is 0 Å². The zero-order valence-electron chi connectivity index (χ0n) is 8.29. The van der Waals surface area contributed by atoms with Crippen molar-refractivity contribution in [3.05, 3.63) is 0 Å². The molecule has 1 aliphatic rings. The zero-order chi connectivity index (χ0) is 9.84. The molecule has 1 aliphatic heterocycles. The van der Waals surface area contributed by atoms with Gasteiger partial charge in [0, 0.05) is 19.6 Å². The van der Waals surface area contributed by atoms with Crippen molar-refractivity contribution in [2.24, 2.45) is 0 Å². The Balaban J connectivity index is 2.36. The summed E-state index contributed by atoms with van der Waals surface area (Å²) in [6, 6.07) is 0.311. The van der Waals surface area contributed by atoms with Gasteiger partial charge in [0.15, 0.2) is 0 Å². The lowest BCUT2D eigenvalue weighted by Gasteiger charge is -2.24. The van der Waals surface area contributed by atoms with E-state index in [2.05, 4.69) is 5.32 Å². The molecule has 0 radical (unpaired) electrons. The highest BCUT2D eigenvalue weighted by Crippen LogP contribution is 2.08. The highest BCUT2D eigenvalue weighted by molar-refractivity contribution is 5.76. The smallest absolute Gasteiger partial charge is 0.225 e. The van der Waals surface area contributed by atoms with E-state index >= 15 is 0 Å². The van der Waals surface area contributed by atoms with Gasteiger partial charge in [-0.2, -0.15) is 0 Å². The minimum Gasteiger partial charge on any atom is -0.393 e. The summed E-state index contributed by atoms with van der Waals surface area (Å²) in [4.78, 5) is 13.2. The van der Waals surface area contributed by atoms with Crippen LogP contribution in [0.1, 0.15) is 19.8 Å². The van der Waals surface area contributed by atoms with E-state index in [1.807, 2.05) is 7.05 Å². The molecule has 0 saturated carbocycles. The lowest BCUT2D eigenvalue weighted by atomic mass is 10.2. The first kappa shape index (κ1) is 10.5. The Kier molecular flexibility index (Phi) is 3.69. The number of aliphatic hydroxyl groups excluding tert-OH is 1. The SMILES string of the molecule is CC(O)CC(=O)N(C)C1CCNC1. The van der Waals surface area contributed by atoms with Crippen molar-refractivity contribution in [1.82, 2.24) is 10.2 Å². The van der Waals surface area contributed by atoms with Crippen LogP contribution < -0.4 is 5.32 Å². The lowest BCUT2D eigenvalue weighted by Crippen LogP contribution is -2.39. The van der Waals surface area contributed by atoms with E-state index in [1.54, 1.807) is 11.8 Å². The van der Waals surface area contributed by atoms with Crippen molar-refractivity contribution in [3.63, 3.8) is 0 Å². The predicted molar refractivity (Wildman–Crippen MR) is 50.3 cm³/mol. The van der Waals surface area contributed by atoms with E-state index in [0.717, 1.165) is 19.5 Å². The number of carbonyl (C=O) groups excluding carboxylic acids is 1. The first-order chi connectivity index (χ1) is 6.11. The molecule has 4 nitrogen and oxygen atoms in total. The third kappa shape index (κ3) is 2.97. The van der Waals surface area contributed by atoms with Crippen molar-refractivity contribution in [1.29, 1.82) is 0 Å². The van der Waals surface area contributed by atoms with Gasteiger partial charge < -0.3 is 15.3 Å². The number of carbonyl (C=O) groups is 1. The average molecular weight is 186 g/mol. The highest BCUT2D eigenvalue weighted by Gasteiger charge is 2.23. The summed E-state index contributed by atoms with van der Waals surface area (Å²) < 4.78 is 0. The largest absolute Gasteiger partial charge is 0.393 e. The zero-order valence-corrected chi connectivity index (χ0v) is 8.29. The number of amides is 1.